The van der Waals surface area contributed by atoms with E-state index in [0.29, 0.717) is 6.04 Å². The minimum absolute atomic E-state index is 0.0373. The quantitative estimate of drug-likeness (QED) is 0.842. The van der Waals surface area contributed by atoms with Gasteiger partial charge in [-0.05, 0) is 46.2 Å². The molecule has 1 saturated carbocycles. The molecule has 1 fully saturated rings. The molecule has 0 aliphatic heterocycles. The predicted molar refractivity (Wildman–Crippen MR) is 90.9 cm³/mol. The second-order valence-electron chi connectivity index (χ2n) is 7.31. The van der Waals surface area contributed by atoms with E-state index in [2.05, 4.69) is 10.6 Å². The largest absolute Gasteiger partial charge is 0.352 e. The van der Waals surface area contributed by atoms with Crippen LogP contribution in [0.25, 0.3) is 0 Å². The number of amides is 2. The van der Waals surface area contributed by atoms with Gasteiger partial charge in [0.1, 0.15) is 6.04 Å². The van der Waals surface area contributed by atoms with Gasteiger partial charge in [-0.15, -0.1) is 0 Å². The molecule has 0 radical (unpaired) electrons. The summed E-state index contributed by atoms with van der Waals surface area (Å²) in [5, 5.41) is 5.98. The van der Waals surface area contributed by atoms with Gasteiger partial charge in [0.2, 0.25) is 11.8 Å². The molecule has 2 N–H and O–H groups in total. The number of nitrogens with one attached hydrogen (secondary N) is 2. The van der Waals surface area contributed by atoms with Crippen molar-refractivity contribution in [3.8, 4) is 0 Å². The van der Waals surface area contributed by atoms with Gasteiger partial charge in [0.15, 0.2) is 0 Å². The molecule has 5 heteroatoms. The third-order valence-corrected chi connectivity index (χ3v) is 3.64. The van der Waals surface area contributed by atoms with Gasteiger partial charge in [0.25, 0.3) is 0 Å². The standard InChI is InChI=1S/C18H27N3O2/c1-18(2,3)20-15(22)12-21(4)16(13-8-6-5-7-9-13)17(23)19-14-10-11-14/h5-9,14,16H,10-12H2,1-4H3,(H,19,23)(H,20,22)/t16-/m0/s1. The Morgan fingerprint density at radius 3 is 2.35 bits per heavy atom. The van der Waals surface area contributed by atoms with Gasteiger partial charge in [-0.3, -0.25) is 14.5 Å². The van der Waals surface area contributed by atoms with Crippen molar-refractivity contribution in [2.75, 3.05) is 13.6 Å². The highest BCUT2D eigenvalue weighted by Crippen LogP contribution is 2.24. The Bertz CT molecular complexity index is 547. The summed E-state index contributed by atoms with van der Waals surface area (Å²) >= 11 is 0. The van der Waals surface area contributed by atoms with Crippen LogP contribution in [0.15, 0.2) is 30.3 Å². The summed E-state index contributed by atoms with van der Waals surface area (Å²) in [6.07, 6.45) is 2.09. The molecule has 23 heavy (non-hydrogen) atoms. The first-order valence-electron chi connectivity index (χ1n) is 8.13. The molecule has 126 valence electrons. The number of rotatable bonds is 6. The van der Waals surface area contributed by atoms with Crippen molar-refractivity contribution in [2.24, 2.45) is 0 Å². The van der Waals surface area contributed by atoms with Crippen molar-refractivity contribution in [3.63, 3.8) is 0 Å². The Hall–Kier alpha value is -1.88. The zero-order valence-corrected chi connectivity index (χ0v) is 14.4. The van der Waals surface area contributed by atoms with Crippen molar-refractivity contribution in [3.05, 3.63) is 35.9 Å². The summed E-state index contributed by atoms with van der Waals surface area (Å²) in [5.41, 5.74) is 0.618. The normalized spacial score (nSPS) is 16.0. The van der Waals surface area contributed by atoms with Crippen LogP contribution in [-0.2, 0) is 9.59 Å². The fourth-order valence-electron chi connectivity index (χ4n) is 2.52. The van der Waals surface area contributed by atoms with Crippen LogP contribution in [-0.4, -0.2) is 41.9 Å². The third kappa shape index (κ3) is 5.67. The highest BCUT2D eigenvalue weighted by molar-refractivity contribution is 5.85. The van der Waals surface area contributed by atoms with E-state index in [1.165, 1.54) is 0 Å². The van der Waals surface area contributed by atoms with E-state index in [1.54, 1.807) is 4.90 Å². The maximum atomic E-state index is 12.6. The number of hydrogen-bond acceptors (Lipinski definition) is 3. The van der Waals surface area contributed by atoms with Crippen LogP contribution in [0.3, 0.4) is 0 Å². The van der Waals surface area contributed by atoms with E-state index in [4.69, 9.17) is 0 Å². The summed E-state index contributed by atoms with van der Waals surface area (Å²) in [4.78, 5) is 26.6. The predicted octanol–water partition coefficient (Wildman–Crippen LogP) is 1.85. The Labute approximate surface area is 138 Å². The van der Waals surface area contributed by atoms with E-state index in [9.17, 15) is 9.59 Å². The number of likely N-dealkylation sites (N-methyl/N-ethyl adjacent to an activating group) is 1. The lowest BCUT2D eigenvalue weighted by molar-refractivity contribution is -0.129. The second kappa shape index (κ2) is 7.13. The highest BCUT2D eigenvalue weighted by atomic mass is 16.2. The van der Waals surface area contributed by atoms with Crippen molar-refractivity contribution in [1.29, 1.82) is 0 Å². The van der Waals surface area contributed by atoms with Gasteiger partial charge in [-0.25, -0.2) is 0 Å². The highest BCUT2D eigenvalue weighted by Gasteiger charge is 2.31. The van der Waals surface area contributed by atoms with E-state index < -0.39 is 6.04 Å². The van der Waals surface area contributed by atoms with Crippen molar-refractivity contribution < 1.29 is 9.59 Å². The van der Waals surface area contributed by atoms with E-state index in [1.807, 2.05) is 58.2 Å². The monoisotopic (exact) mass is 317 g/mol. The maximum absolute atomic E-state index is 12.6. The smallest absolute Gasteiger partial charge is 0.242 e. The molecule has 1 atom stereocenters. The molecule has 2 amide bonds. The first-order chi connectivity index (χ1) is 10.8. The fraction of sp³-hybridized carbons (Fsp3) is 0.556. The molecule has 0 spiro atoms. The molecule has 0 aromatic heterocycles. The van der Waals surface area contributed by atoms with E-state index in [0.717, 1.165) is 18.4 Å². The first-order valence-corrected chi connectivity index (χ1v) is 8.13. The van der Waals surface area contributed by atoms with Crippen molar-refractivity contribution in [2.45, 2.75) is 51.2 Å². The first kappa shape index (κ1) is 17.5. The van der Waals surface area contributed by atoms with Crippen LogP contribution in [0.2, 0.25) is 0 Å². The number of hydrogen-bond donors (Lipinski definition) is 2. The summed E-state index contributed by atoms with van der Waals surface area (Å²) < 4.78 is 0. The molecular formula is C18H27N3O2. The Morgan fingerprint density at radius 1 is 1.22 bits per heavy atom. The van der Waals surface area contributed by atoms with Gasteiger partial charge in [-0.1, -0.05) is 30.3 Å². The van der Waals surface area contributed by atoms with Crippen LogP contribution in [0.5, 0.6) is 0 Å². The van der Waals surface area contributed by atoms with Gasteiger partial charge in [0.05, 0.1) is 6.54 Å². The molecule has 0 unspecified atom stereocenters. The van der Waals surface area contributed by atoms with Crippen LogP contribution in [0.4, 0.5) is 0 Å². The Balaban J connectivity index is 2.09. The van der Waals surface area contributed by atoms with E-state index in [-0.39, 0.29) is 23.9 Å². The molecule has 5 nitrogen and oxygen atoms in total. The summed E-state index contributed by atoms with van der Waals surface area (Å²) in [5.74, 6) is -0.120. The molecule has 1 aromatic carbocycles. The van der Waals surface area contributed by atoms with Crippen LogP contribution >= 0.6 is 0 Å². The number of benzene rings is 1. The molecule has 2 rings (SSSR count). The summed E-state index contributed by atoms with van der Waals surface area (Å²) in [6.45, 7) is 6.01. The van der Waals surface area contributed by atoms with Crippen LogP contribution in [0.1, 0.15) is 45.2 Å². The van der Waals surface area contributed by atoms with E-state index >= 15 is 0 Å². The third-order valence-electron chi connectivity index (χ3n) is 3.64. The van der Waals surface area contributed by atoms with Crippen molar-refractivity contribution >= 4 is 11.8 Å². The average molecular weight is 317 g/mol. The van der Waals surface area contributed by atoms with Gasteiger partial charge in [-0.2, -0.15) is 0 Å². The fourth-order valence-corrected chi connectivity index (χ4v) is 2.52. The Morgan fingerprint density at radius 2 is 1.83 bits per heavy atom. The van der Waals surface area contributed by atoms with Crippen LogP contribution < -0.4 is 10.6 Å². The topological polar surface area (TPSA) is 61.4 Å². The molecule has 0 heterocycles. The zero-order chi connectivity index (χ0) is 17.0. The molecule has 0 bridgehead atoms. The van der Waals surface area contributed by atoms with Crippen molar-refractivity contribution in [1.82, 2.24) is 15.5 Å². The minimum Gasteiger partial charge on any atom is -0.352 e. The number of nitrogens with zero attached hydrogens (tertiary/aromatic N) is 1. The molecule has 1 aromatic rings. The number of carbonyl (C=O) groups is 2. The molecule has 0 saturated heterocycles. The van der Waals surface area contributed by atoms with Gasteiger partial charge in [0, 0.05) is 11.6 Å². The van der Waals surface area contributed by atoms with Gasteiger partial charge >= 0.3 is 0 Å². The summed E-state index contributed by atoms with van der Waals surface area (Å²) in [7, 11) is 1.81. The Kier molecular flexibility index (Phi) is 5.42. The lowest BCUT2D eigenvalue weighted by Gasteiger charge is -2.29. The molecule has 1 aliphatic carbocycles. The minimum atomic E-state index is -0.456. The summed E-state index contributed by atoms with van der Waals surface area (Å²) in [6, 6.07) is 9.44. The van der Waals surface area contributed by atoms with Gasteiger partial charge < -0.3 is 10.6 Å². The average Bonchev–Trinajstić information content (AvgIpc) is 3.21. The zero-order valence-electron chi connectivity index (χ0n) is 14.4. The lowest BCUT2D eigenvalue weighted by Crippen LogP contribution is -2.48. The molecular weight excluding hydrogens is 290 g/mol. The van der Waals surface area contributed by atoms with Crippen LogP contribution in [0, 0.1) is 0 Å². The molecule has 1 aliphatic rings. The number of carbonyl (C=O) groups excluding carboxylic acids is 2. The second-order valence-corrected chi connectivity index (χ2v) is 7.31. The maximum Gasteiger partial charge on any atom is 0.242 e. The SMILES string of the molecule is CN(CC(=O)NC(C)(C)C)[C@H](C(=O)NC1CC1)c1ccccc1. The lowest BCUT2D eigenvalue weighted by atomic mass is 10.0.